The second-order valence-corrected chi connectivity index (χ2v) is 12.0. The average Bonchev–Trinajstić information content (AvgIpc) is 3.65. The van der Waals surface area contributed by atoms with Gasteiger partial charge in [-0.25, -0.2) is 0 Å². The third-order valence-corrected chi connectivity index (χ3v) is 9.45. The Balaban J connectivity index is 1.35. The lowest BCUT2D eigenvalue weighted by atomic mass is 9.89. The van der Waals surface area contributed by atoms with Gasteiger partial charge in [0.05, 0.1) is 22.1 Å². The standard InChI is InChI=1S/C41H31N3O/c1-25(43-33-20-10-7-17-29(33)39(42)27-14-3-2-4-15-27)44-34-21-11-8-18-30(34)36-32-24-23-26-13-5-6-16-28(26)37(32)41-38(40(36)44)31-19-9-12-22-35(31)45-41/h2-4,6-12,14-25,42-43H,5,13H2,1H3. The minimum Gasteiger partial charge on any atom is -0.455 e. The number of nitrogens with one attached hydrogen (secondary N) is 2. The molecular weight excluding hydrogens is 550 g/mol. The zero-order valence-corrected chi connectivity index (χ0v) is 25.0. The second-order valence-electron chi connectivity index (χ2n) is 12.0. The lowest BCUT2D eigenvalue weighted by Gasteiger charge is -2.23. The molecule has 2 N–H and O–H groups in total. The second kappa shape index (κ2) is 9.96. The van der Waals surface area contributed by atoms with Crippen LogP contribution in [0.3, 0.4) is 0 Å². The molecule has 2 aromatic heterocycles. The molecule has 1 aliphatic carbocycles. The first kappa shape index (κ1) is 25.8. The van der Waals surface area contributed by atoms with Crippen molar-refractivity contribution in [1.29, 1.82) is 5.41 Å². The van der Waals surface area contributed by atoms with Crippen LogP contribution >= 0.6 is 0 Å². The van der Waals surface area contributed by atoms with Gasteiger partial charge in [0.2, 0.25) is 0 Å². The molecule has 45 heavy (non-hydrogen) atoms. The Labute approximate surface area is 260 Å². The molecule has 0 radical (unpaired) electrons. The summed E-state index contributed by atoms with van der Waals surface area (Å²) in [5.41, 5.74) is 10.0. The number of nitrogens with zero attached hydrogens (tertiary/aromatic N) is 1. The number of rotatable bonds is 5. The summed E-state index contributed by atoms with van der Waals surface area (Å²) < 4.78 is 9.23. The van der Waals surface area contributed by atoms with Crippen molar-refractivity contribution in [2.24, 2.45) is 0 Å². The highest BCUT2D eigenvalue weighted by molar-refractivity contribution is 6.36. The topological polar surface area (TPSA) is 54.0 Å². The fourth-order valence-corrected chi connectivity index (χ4v) is 7.48. The third-order valence-electron chi connectivity index (χ3n) is 9.45. The summed E-state index contributed by atoms with van der Waals surface area (Å²) in [4.78, 5) is 0. The number of hydrogen-bond donors (Lipinski definition) is 2. The van der Waals surface area contributed by atoms with Gasteiger partial charge in [0.15, 0.2) is 0 Å². The van der Waals surface area contributed by atoms with Gasteiger partial charge in [-0.15, -0.1) is 0 Å². The van der Waals surface area contributed by atoms with E-state index in [0.29, 0.717) is 5.71 Å². The summed E-state index contributed by atoms with van der Waals surface area (Å²) in [6.07, 6.45) is 6.56. The number of hydrogen-bond acceptors (Lipinski definition) is 3. The average molecular weight is 582 g/mol. The summed E-state index contributed by atoms with van der Waals surface area (Å²) in [6.45, 7) is 2.21. The summed E-state index contributed by atoms with van der Waals surface area (Å²) >= 11 is 0. The van der Waals surface area contributed by atoms with Crippen LogP contribution in [0.2, 0.25) is 0 Å². The van der Waals surface area contributed by atoms with E-state index in [1.54, 1.807) is 0 Å². The monoisotopic (exact) mass is 581 g/mol. The fourth-order valence-electron chi connectivity index (χ4n) is 7.48. The van der Waals surface area contributed by atoms with Gasteiger partial charge in [0.1, 0.15) is 17.3 Å². The molecule has 0 bridgehead atoms. The zero-order chi connectivity index (χ0) is 30.1. The number of aryl methyl sites for hydroxylation is 1. The maximum atomic E-state index is 9.07. The third kappa shape index (κ3) is 3.82. The van der Waals surface area contributed by atoms with Gasteiger partial charge in [-0.1, -0.05) is 109 Å². The van der Waals surface area contributed by atoms with Crippen LogP contribution in [0.25, 0.3) is 60.6 Å². The van der Waals surface area contributed by atoms with Crippen molar-refractivity contribution in [2.75, 3.05) is 5.32 Å². The number of fused-ring (bicyclic) bond motifs is 12. The van der Waals surface area contributed by atoms with E-state index in [1.165, 1.54) is 38.2 Å². The van der Waals surface area contributed by atoms with Gasteiger partial charge in [-0.05, 0) is 54.5 Å². The van der Waals surface area contributed by atoms with Crippen molar-refractivity contribution in [3.63, 3.8) is 0 Å². The minimum absolute atomic E-state index is 0.135. The molecule has 6 aromatic carbocycles. The molecule has 0 fully saturated rings. The van der Waals surface area contributed by atoms with Crippen molar-refractivity contribution in [1.82, 2.24) is 4.57 Å². The van der Waals surface area contributed by atoms with E-state index in [4.69, 9.17) is 9.83 Å². The smallest absolute Gasteiger partial charge is 0.146 e. The van der Waals surface area contributed by atoms with Crippen molar-refractivity contribution in [3.05, 3.63) is 144 Å². The molecule has 2 heterocycles. The molecule has 0 spiro atoms. The highest BCUT2D eigenvalue weighted by Gasteiger charge is 2.26. The number of allylic oxidation sites excluding steroid dienone is 1. The van der Waals surface area contributed by atoms with E-state index < -0.39 is 0 Å². The Hall–Kier alpha value is -5.61. The molecule has 0 aliphatic heterocycles. The summed E-state index contributed by atoms with van der Waals surface area (Å²) in [7, 11) is 0. The maximum absolute atomic E-state index is 9.07. The van der Waals surface area contributed by atoms with E-state index in [-0.39, 0.29) is 6.17 Å². The zero-order valence-electron chi connectivity index (χ0n) is 25.0. The van der Waals surface area contributed by atoms with Crippen LogP contribution in [-0.2, 0) is 6.42 Å². The van der Waals surface area contributed by atoms with Gasteiger partial charge >= 0.3 is 0 Å². The van der Waals surface area contributed by atoms with Gasteiger partial charge in [-0.3, -0.25) is 5.41 Å². The van der Waals surface area contributed by atoms with Gasteiger partial charge < -0.3 is 14.3 Å². The SMILES string of the molecule is CC(Nc1ccccc1C(=N)c1ccccc1)n1c2ccccc2c2c3ccc4c(c3c3oc5ccccc5c3c21)C=CCC4. The van der Waals surface area contributed by atoms with Crippen LogP contribution < -0.4 is 5.32 Å². The van der Waals surface area contributed by atoms with Crippen LogP contribution in [0.15, 0.2) is 126 Å². The van der Waals surface area contributed by atoms with E-state index in [2.05, 4.69) is 95.7 Å². The van der Waals surface area contributed by atoms with E-state index in [0.717, 1.165) is 57.1 Å². The lowest BCUT2D eigenvalue weighted by molar-refractivity contribution is 0.658. The van der Waals surface area contributed by atoms with Gasteiger partial charge in [0, 0.05) is 38.4 Å². The summed E-state index contributed by atoms with van der Waals surface area (Å²) in [6, 6.07) is 39.9. The van der Waals surface area contributed by atoms with Crippen LogP contribution in [0.4, 0.5) is 5.69 Å². The molecule has 8 aromatic rings. The predicted octanol–water partition coefficient (Wildman–Crippen LogP) is 10.9. The number of furan rings is 1. The molecule has 4 heteroatoms. The normalized spacial score (nSPS) is 13.6. The Morgan fingerprint density at radius 1 is 0.756 bits per heavy atom. The quantitative estimate of drug-likeness (QED) is 0.199. The lowest BCUT2D eigenvalue weighted by Crippen LogP contribution is -2.17. The Bertz CT molecular complexity index is 2500. The highest BCUT2D eigenvalue weighted by Crippen LogP contribution is 2.47. The molecule has 0 amide bonds. The maximum Gasteiger partial charge on any atom is 0.146 e. The summed E-state index contributed by atoms with van der Waals surface area (Å²) in [5.74, 6) is 0. The molecule has 0 saturated carbocycles. The highest BCUT2D eigenvalue weighted by atomic mass is 16.3. The van der Waals surface area contributed by atoms with Crippen LogP contribution in [0, 0.1) is 5.41 Å². The van der Waals surface area contributed by atoms with E-state index >= 15 is 0 Å². The summed E-state index contributed by atoms with van der Waals surface area (Å²) in [5, 5.41) is 20.1. The Kier molecular flexibility index (Phi) is 5.72. The first-order valence-electron chi connectivity index (χ1n) is 15.7. The Morgan fingerprint density at radius 3 is 2.40 bits per heavy atom. The van der Waals surface area contributed by atoms with Crippen molar-refractivity contribution < 1.29 is 4.42 Å². The van der Waals surface area contributed by atoms with Crippen molar-refractivity contribution in [3.8, 4) is 0 Å². The molecule has 216 valence electrons. The van der Waals surface area contributed by atoms with Crippen LogP contribution in [0.5, 0.6) is 0 Å². The van der Waals surface area contributed by atoms with Gasteiger partial charge in [0.25, 0.3) is 0 Å². The minimum atomic E-state index is -0.135. The molecule has 0 saturated heterocycles. The predicted molar refractivity (Wildman–Crippen MR) is 189 cm³/mol. The first-order valence-corrected chi connectivity index (χ1v) is 15.7. The number of aromatic nitrogens is 1. The van der Waals surface area contributed by atoms with Crippen molar-refractivity contribution >= 4 is 72.0 Å². The van der Waals surface area contributed by atoms with Crippen molar-refractivity contribution in [2.45, 2.75) is 25.9 Å². The van der Waals surface area contributed by atoms with Crippen LogP contribution in [0.1, 0.15) is 41.8 Å². The van der Waals surface area contributed by atoms with Gasteiger partial charge in [-0.2, -0.15) is 0 Å². The number of para-hydroxylation sites is 3. The molecule has 1 aliphatic rings. The Morgan fingerprint density at radius 2 is 1.51 bits per heavy atom. The first-order chi connectivity index (χ1) is 22.2. The van der Waals surface area contributed by atoms with E-state index in [9.17, 15) is 0 Å². The number of anilines is 1. The van der Waals surface area contributed by atoms with E-state index in [1.807, 2.05) is 48.5 Å². The molecule has 1 atom stereocenters. The molecular formula is C41H31N3O. The molecule has 1 unspecified atom stereocenters. The molecule has 4 nitrogen and oxygen atoms in total. The van der Waals surface area contributed by atoms with Crippen LogP contribution in [-0.4, -0.2) is 10.3 Å². The molecule has 9 rings (SSSR count). The largest absolute Gasteiger partial charge is 0.455 e. The fraction of sp³-hybridized carbons (Fsp3) is 0.0976. The number of benzene rings is 6.